The highest BCUT2D eigenvalue weighted by atomic mass is 32.1. The molecular weight excluding hydrogens is 389 g/mol. The summed E-state index contributed by atoms with van der Waals surface area (Å²) in [5.74, 6) is 0. The lowest BCUT2D eigenvalue weighted by Gasteiger charge is -2.24. The Morgan fingerprint density at radius 1 is 1.18 bits per heavy atom. The highest BCUT2D eigenvalue weighted by Crippen LogP contribution is 2.22. The van der Waals surface area contributed by atoms with Crippen LogP contribution in [0, 0.1) is 11.3 Å². The largest absolute Gasteiger partial charge is 0.401 e. The van der Waals surface area contributed by atoms with Crippen molar-refractivity contribution >= 4 is 11.3 Å². The minimum atomic E-state index is -4.42. The number of pyridine rings is 1. The molecule has 144 valence electrons. The van der Waals surface area contributed by atoms with E-state index in [0.717, 1.165) is 16.2 Å². The Balaban J connectivity index is 1.89. The molecule has 5 nitrogen and oxygen atoms in total. The second kappa shape index (κ2) is 8.37. The van der Waals surface area contributed by atoms with Crippen molar-refractivity contribution in [2.45, 2.75) is 19.4 Å². The molecule has 9 heteroatoms. The van der Waals surface area contributed by atoms with Gasteiger partial charge in [0, 0.05) is 18.1 Å². The van der Waals surface area contributed by atoms with Gasteiger partial charge in [-0.15, -0.1) is 0 Å². The summed E-state index contributed by atoms with van der Waals surface area (Å²) in [4.78, 5) is 17.2. The Kier molecular flexibility index (Phi) is 5.92. The highest BCUT2D eigenvalue weighted by Gasteiger charge is 2.31. The monoisotopic (exact) mass is 404 g/mol. The van der Waals surface area contributed by atoms with Crippen molar-refractivity contribution in [3.63, 3.8) is 0 Å². The second-order valence-electron chi connectivity index (χ2n) is 6.08. The quantitative estimate of drug-likeness (QED) is 0.626. The van der Waals surface area contributed by atoms with E-state index < -0.39 is 12.7 Å². The summed E-state index contributed by atoms with van der Waals surface area (Å²) in [7, 11) is 0. The fourth-order valence-corrected chi connectivity index (χ4v) is 3.47. The number of halogens is 3. The normalized spacial score (nSPS) is 11.5. The van der Waals surface area contributed by atoms with Gasteiger partial charge in [-0.2, -0.15) is 18.4 Å². The van der Waals surface area contributed by atoms with E-state index in [9.17, 15) is 18.0 Å². The summed E-state index contributed by atoms with van der Waals surface area (Å²) in [6.45, 7) is -1.42. The smallest absolute Gasteiger partial charge is 0.284 e. The molecule has 0 aliphatic rings. The molecule has 0 saturated heterocycles. The number of benzene rings is 1. The molecule has 2 aromatic heterocycles. The summed E-state index contributed by atoms with van der Waals surface area (Å²) in [6.07, 6.45) is -2.86. The van der Waals surface area contributed by atoms with E-state index in [1.165, 1.54) is 4.57 Å². The number of thiazole rings is 1. The zero-order chi connectivity index (χ0) is 20.1. The van der Waals surface area contributed by atoms with Gasteiger partial charge in [0.25, 0.3) is 0 Å². The van der Waals surface area contributed by atoms with Gasteiger partial charge in [-0.3, -0.25) is 19.2 Å². The first-order chi connectivity index (χ1) is 13.4. The second-order valence-corrected chi connectivity index (χ2v) is 6.90. The Hall–Kier alpha value is -2.96. The van der Waals surface area contributed by atoms with E-state index in [1.807, 2.05) is 6.07 Å². The van der Waals surface area contributed by atoms with E-state index in [4.69, 9.17) is 5.26 Å². The lowest BCUT2D eigenvalue weighted by molar-refractivity contribution is -0.150. The highest BCUT2D eigenvalue weighted by molar-refractivity contribution is 7.07. The fraction of sp³-hybridized carbons (Fsp3) is 0.211. The Labute approximate surface area is 162 Å². The molecule has 0 spiro atoms. The topological polar surface area (TPSA) is 61.9 Å². The predicted octanol–water partition coefficient (Wildman–Crippen LogP) is 3.87. The van der Waals surface area contributed by atoms with Crippen LogP contribution in [0.4, 0.5) is 13.2 Å². The first-order valence-corrected chi connectivity index (χ1v) is 9.11. The first kappa shape index (κ1) is 19.8. The van der Waals surface area contributed by atoms with Crippen molar-refractivity contribution in [2.24, 2.45) is 0 Å². The van der Waals surface area contributed by atoms with Crippen LogP contribution in [0.1, 0.15) is 11.1 Å². The molecule has 0 N–H and O–H groups in total. The maximum Gasteiger partial charge on any atom is 0.401 e. The van der Waals surface area contributed by atoms with Crippen LogP contribution < -0.4 is 4.87 Å². The van der Waals surface area contributed by atoms with Crippen LogP contribution >= 0.6 is 11.3 Å². The third-order valence-corrected chi connectivity index (χ3v) is 4.71. The first-order valence-electron chi connectivity index (χ1n) is 8.23. The zero-order valence-electron chi connectivity index (χ0n) is 14.6. The van der Waals surface area contributed by atoms with Crippen LogP contribution in [-0.2, 0) is 13.2 Å². The van der Waals surface area contributed by atoms with E-state index in [2.05, 4.69) is 4.98 Å². The Bertz CT molecular complexity index is 1020. The van der Waals surface area contributed by atoms with Gasteiger partial charge in [0.1, 0.15) is 0 Å². The molecule has 0 radical (unpaired) electrons. The van der Waals surface area contributed by atoms with Gasteiger partial charge >= 0.3 is 11.0 Å². The Morgan fingerprint density at radius 3 is 2.54 bits per heavy atom. The molecule has 0 atom stereocenters. The molecule has 1 aromatic carbocycles. The average Bonchev–Trinajstić information content (AvgIpc) is 3.02. The molecule has 0 aliphatic carbocycles. The number of nitriles is 1. The van der Waals surface area contributed by atoms with Crippen molar-refractivity contribution in [1.29, 1.82) is 5.26 Å². The van der Waals surface area contributed by atoms with Gasteiger partial charge in [-0.1, -0.05) is 29.5 Å². The van der Waals surface area contributed by atoms with E-state index in [1.54, 1.807) is 54.0 Å². The molecule has 0 aliphatic heterocycles. The van der Waals surface area contributed by atoms with Crippen LogP contribution in [-0.4, -0.2) is 27.2 Å². The van der Waals surface area contributed by atoms with Gasteiger partial charge < -0.3 is 0 Å². The minimum absolute atomic E-state index is 0.0187. The molecule has 0 bridgehead atoms. The van der Waals surface area contributed by atoms with Crippen LogP contribution in [0.5, 0.6) is 0 Å². The summed E-state index contributed by atoms with van der Waals surface area (Å²) in [5.41, 5.74) is 2.04. The fourth-order valence-electron chi connectivity index (χ4n) is 2.73. The molecule has 2 heterocycles. The van der Waals surface area contributed by atoms with Gasteiger partial charge in [0.15, 0.2) is 0 Å². The molecular formula is C19H15F3N4OS. The summed E-state index contributed by atoms with van der Waals surface area (Å²) < 4.78 is 40.6. The number of alkyl halides is 3. The maximum atomic E-state index is 13.1. The van der Waals surface area contributed by atoms with E-state index >= 15 is 0 Å². The number of nitrogens with zero attached hydrogens (tertiary/aromatic N) is 4. The molecule has 0 unspecified atom stereocenters. The zero-order valence-corrected chi connectivity index (χ0v) is 15.4. The summed E-state index contributed by atoms with van der Waals surface area (Å²) in [5, 5.41) is 10.4. The standard InChI is InChI=1S/C19H15F3N4OS/c20-19(21,22)12-25(10-15-6-4-14(9-23)5-7-15)13-26-17(11-28-18(26)27)16-3-1-2-8-24-16/h1-8,11H,10,12-13H2. The van der Waals surface area contributed by atoms with Gasteiger partial charge in [-0.05, 0) is 29.8 Å². The number of hydrogen-bond donors (Lipinski definition) is 0. The Morgan fingerprint density at radius 2 is 1.93 bits per heavy atom. The van der Waals surface area contributed by atoms with Crippen molar-refractivity contribution < 1.29 is 13.2 Å². The van der Waals surface area contributed by atoms with Crippen molar-refractivity contribution in [1.82, 2.24) is 14.5 Å². The summed E-state index contributed by atoms with van der Waals surface area (Å²) >= 11 is 0.921. The van der Waals surface area contributed by atoms with E-state index in [-0.39, 0.29) is 18.1 Å². The van der Waals surface area contributed by atoms with Crippen molar-refractivity contribution in [3.8, 4) is 17.5 Å². The van der Waals surface area contributed by atoms with Crippen LogP contribution in [0.25, 0.3) is 11.4 Å². The maximum absolute atomic E-state index is 13.1. The van der Waals surface area contributed by atoms with E-state index in [0.29, 0.717) is 22.5 Å². The molecule has 3 aromatic rings. The third-order valence-electron chi connectivity index (χ3n) is 3.94. The SMILES string of the molecule is N#Cc1ccc(CN(Cn2c(-c3ccccn3)csc2=O)CC(F)(F)F)cc1. The minimum Gasteiger partial charge on any atom is -0.284 e. The van der Waals surface area contributed by atoms with Crippen LogP contribution in [0.2, 0.25) is 0 Å². The average molecular weight is 404 g/mol. The molecule has 28 heavy (non-hydrogen) atoms. The van der Waals surface area contributed by atoms with Crippen molar-refractivity contribution in [3.05, 3.63) is 74.8 Å². The van der Waals surface area contributed by atoms with Gasteiger partial charge in [0.2, 0.25) is 0 Å². The lowest BCUT2D eigenvalue weighted by atomic mass is 10.1. The number of rotatable bonds is 6. The molecule has 3 rings (SSSR count). The van der Waals surface area contributed by atoms with Crippen LogP contribution in [0.3, 0.4) is 0 Å². The molecule has 0 fully saturated rings. The number of hydrogen-bond acceptors (Lipinski definition) is 5. The van der Waals surface area contributed by atoms with Gasteiger partial charge in [-0.25, -0.2) is 0 Å². The van der Waals surface area contributed by atoms with Crippen molar-refractivity contribution in [2.75, 3.05) is 6.54 Å². The lowest BCUT2D eigenvalue weighted by Crippen LogP contribution is -2.37. The van der Waals surface area contributed by atoms with Crippen LogP contribution in [0.15, 0.2) is 58.8 Å². The summed E-state index contributed by atoms with van der Waals surface area (Å²) in [6, 6.07) is 13.5. The predicted molar refractivity (Wildman–Crippen MR) is 99.4 cm³/mol. The molecule has 0 saturated carbocycles. The number of aromatic nitrogens is 2. The van der Waals surface area contributed by atoms with Gasteiger partial charge in [0.05, 0.1) is 36.2 Å². The third kappa shape index (κ3) is 5.06. The molecule has 0 amide bonds.